The molecule has 0 saturated heterocycles. The van der Waals surface area contributed by atoms with Crippen LogP contribution < -0.4 is 10.6 Å². The largest absolute Gasteiger partial charge is 0.400 e. The Kier molecular flexibility index (Phi) is 6.97. The van der Waals surface area contributed by atoms with Crippen LogP contribution in [0.5, 0.6) is 0 Å². The van der Waals surface area contributed by atoms with Gasteiger partial charge in [0.2, 0.25) is 0 Å². The molecule has 3 N–H and O–H groups in total. The van der Waals surface area contributed by atoms with Crippen molar-refractivity contribution in [3.05, 3.63) is 0 Å². The van der Waals surface area contributed by atoms with Crippen LogP contribution in [-0.2, 0) is 4.79 Å². The molecule has 0 spiro atoms. The first-order chi connectivity index (χ1) is 9.09. The van der Waals surface area contributed by atoms with Gasteiger partial charge in [-0.1, -0.05) is 13.8 Å². The number of nitrogens with one attached hydrogen (secondary N) is 2. The predicted octanol–water partition coefficient (Wildman–Crippen LogP) is 1.47. The van der Waals surface area contributed by atoms with Crippen molar-refractivity contribution in [2.45, 2.75) is 70.5 Å². The highest BCUT2D eigenvalue weighted by Crippen LogP contribution is 2.25. The highest BCUT2D eigenvalue weighted by atomic mass is 16.2. The SMILES string of the molecule is CC(C)(C=O)CNC1CCC(NC2CC2)CC1.CO. The summed E-state index contributed by atoms with van der Waals surface area (Å²) in [5, 5.41) is 14.3. The van der Waals surface area contributed by atoms with E-state index in [4.69, 9.17) is 5.11 Å². The van der Waals surface area contributed by atoms with E-state index in [0.717, 1.165) is 32.0 Å². The number of hydrogen-bond acceptors (Lipinski definition) is 4. The predicted molar refractivity (Wildman–Crippen MR) is 78.2 cm³/mol. The number of rotatable bonds is 6. The Hall–Kier alpha value is -0.450. The molecule has 0 radical (unpaired) electrons. The van der Waals surface area contributed by atoms with Crippen LogP contribution in [-0.4, -0.2) is 43.2 Å². The first-order valence-corrected chi connectivity index (χ1v) is 7.49. The summed E-state index contributed by atoms with van der Waals surface area (Å²) < 4.78 is 0. The van der Waals surface area contributed by atoms with Gasteiger partial charge < -0.3 is 20.5 Å². The summed E-state index contributed by atoms with van der Waals surface area (Å²) in [7, 11) is 1.00. The molecule has 0 atom stereocenters. The molecule has 0 amide bonds. The van der Waals surface area contributed by atoms with Crippen molar-refractivity contribution >= 4 is 6.29 Å². The maximum absolute atomic E-state index is 10.8. The van der Waals surface area contributed by atoms with Crippen LogP contribution in [0.1, 0.15) is 52.4 Å². The summed E-state index contributed by atoms with van der Waals surface area (Å²) in [5.74, 6) is 0. The molecule has 0 aromatic heterocycles. The highest BCUT2D eigenvalue weighted by Gasteiger charge is 2.28. The van der Waals surface area contributed by atoms with Crippen LogP contribution in [0.2, 0.25) is 0 Å². The number of carbonyl (C=O) groups excluding carboxylic acids is 1. The summed E-state index contributed by atoms with van der Waals surface area (Å²) in [6.45, 7) is 4.79. The fraction of sp³-hybridized carbons (Fsp3) is 0.933. The van der Waals surface area contributed by atoms with Crippen LogP contribution in [0.25, 0.3) is 0 Å². The van der Waals surface area contributed by atoms with E-state index >= 15 is 0 Å². The molecule has 4 heteroatoms. The van der Waals surface area contributed by atoms with Gasteiger partial charge >= 0.3 is 0 Å². The second kappa shape index (κ2) is 7.98. The van der Waals surface area contributed by atoms with Gasteiger partial charge in [0.15, 0.2) is 0 Å². The van der Waals surface area contributed by atoms with Crippen molar-refractivity contribution in [1.29, 1.82) is 0 Å². The molecule has 0 aliphatic heterocycles. The molecule has 2 fully saturated rings. The lowest BCUT2D eigenvalue weighted by atomic mass is 9.89. The summed E-state index contributed by atoms with van der Waals surface area (Å²) in [4.78, 5) is 10.8. The molecule has 2 aliphatic carbocycles. The van der Waals surface area contributed by atoms with E-state index in [9.17, 15) is 4.79 Å². The zero-order valence-electron chi connectivity index (χ0n) is 12.6. The molecule has 0 heterocycles. The van der Waals surface area contributed by atoms with Gasteiger partial charge in [0.05, 0.1) is 0 Å². The second-order valence-corrected chi connectivity index (χ2v) is 6.48. The van der Waals surface area contributed by atoms with Crippen LogP contribution in [0, 0.1) is 5.41 Å². The third kappa shape index (κ3) is 6.50. The van der Waals surface area contributed by atoms with Crippen molar-refractivity contribution in [2.24, 2.45) is 5.41 Å². The van der Waals surface area contributed by atoms with E-state index < -0.39 is 0 Å². The number of aliphatic hydroxyl groups is 1. The smallest absolute Gasteiger partial charge is 0.126 e. The average molecular weight is 270 g/mol. The zero-order valence-corrected chi connectivity index (χ0v) is 12.6. The topological polar surface area (TPSA) is 61.4 Å². The van der Waals surface area contributed by atoms with E-state index in [1.54, 1.807) is 0 Å². The Morgan fingerprint density at radius 1 is 1.00 bits per heavy atom. The van der Waals surface area contributed by atoms with Crippen molar-refractivity contribution < 1.29 is 9.90 Å². The van der Waals surface area contributed by atoms with Crippen molar-refractivity contribution in [2.75, 3.05) is 13.7 Å². The van der Waals surface area contributed by atoms with Crippen LogP contribution in [0.4, 0.5) is 0 Å². The first-order valence-electron chi connectivity index (χ1n) is 7.49. The third-order valence-electron chi connectivity index (χ3n) is 3.94. The standard InChI is InChI=1S/C14H26N2O.CH4O/c1-14(2,10-17)9-15-11-3-5-12(6-4-11)16-13-7-8-13;1-2/h10-13,15-16H,3-9H2,1-2H3;2H,1H3. The van der Waals surface area contributed by atoms with Gasteiger partial charge in [0.1, 0.15) is 6.29 Å². The van der Waals surface area contributed by atoms with E-state index in [-0.39, 0.29) is 5.41 Å². The van der Waals surface area contributed by atoms with E-state index in [1.165, 1.54) is 38.5 Å². The number of hydrogen-bond donors (Lipinski definition) is 3. The molecule has 2 rings (SSSR count). The monoisotopic (exact) mass is 270 g/mol. The Balaban J connectivity index is 0.000000861. The van der Waals surface area contributed by atoms with Gasteiger partial charge in [-0.25, -0.2) is 0 Å². The summed E-state index contributed by atoms with van der Waals surface area (Å²) >= 11 is 0. The van der Waals surface area contributed by atoms with Gasteiger partial charge in [-0.05, 0) is 38.5 Å². The summed E-state index contributed by atoms with van der Waals surface area (Å²) in [5.41, 5.74) is -0.219. The van der Waals surface area contributed by atoms with Crippen molar-refractivity contribution in [3.63, 3.8) is 0 Å². The molecular weight excluding hydrogens is 240 g/mol. The van der Waals surface area contributed by atoms with Crippen LogP contribution in [0.15, 0.2) is 0 Å². The maximum Gasteiger partial charge on any atom is 0.126 e. The first kappa shape index (κ1) is 16.6. The third-order valence-corrected chi connectivity index (χ3v) is 3.94. The lowest BCUT2D eigenvalue weighted by Crippen LogP contribution is -2.43. The van der Waals surface area contributed by atoms with Crippen LogP contribution in [0.3, 0.4) is 0 Å². The Labute approximate surface area is 117 Å². The highest BCUT2D eigenvalue weighted by molar-refractivity contribution is 5.58. The molecule has 2 aliphatic rings. The van der Waals surface area contributed by atoms with Gasteiger partial charge in [-0.2, -0.15) is 0 Å². The molecular formula is C15H30N2O2. The maximum atomic E-state index is 10.8. The number of aldehydes is 1. The normalized spacial score (nSPS) is 27.4. The Morgan fingerprint density at radius 2 is 1.42 bits per heavy atom. The number of aliphatic hydroxyl groups excluding tert-OH is 1. The zero-order chi connectivity index (χ0) is 14.3. The lowest BCUT2D eigenvalue weighted by Gasteiger charge is -2.31. The van der Waals surface area contributed by atoms with Gasteiger partial charge in [0, 0.05) is 37.2 Å². The molecule has 0 aromatic carbocycles. The molecule has 4 nitrogen and oxygen atoms in total. The van der Waals surface area contributed by atoms with E-state index in [2.05, 4.69) is 10.6 Å². The van der Waals surface area contributed by atoms with Crippen LogP contribution >= 0.6 is 0 Å². The fourth-order valence-electron chi connectivity index (χ4n) is 2.50. The van der Waals surface area contributed by atoms with Crippen molar-refractivity contribution in [1.82, 2.24) is 10.6 Å². The quantitative estimate of drug-likeness (QED) is 0.640. The van der Waals surface area contributed by atoms with Gasteiger partial charge in [-0.3, -0.25) is 0 Å². The lowest BCUT2D eigenvalue weighted by molar-refractivity contribution is -0.114. The minimum absolute atomic E-state index is 0.219. The Morgan fingerprint density at radius 3 is 1.84 bits per heavy atom. The molecule has 19 heavy (non-hydrogen) atoms. The van der Waals surface area contributed by atoms with E-state index in [1.807, 2.05) is 13.8 Å². The molecule has 112 valence electrons. The molecule has 0 unspecified atom stereocenters. The van der Waals surface area contributed by atoms with Gasteiger partial charge in [-0.15, -0.1) is 0 Å². The second-order valence-electron chi connectivity index (χ2n) is 6.48. The minimum Gasteiger partial charge on any atom is -0.400 e. The van der Waals surface area contributed by atoms with Gasteiger partial charge in [0.25, 0.3) is 0 Å². The van der Waals surface area contributed by atoms with E-state index in [0.29, 0.717) is 6.04 Å². The Bertz CT molecular complexity index is 257. The molecule has 2 saturated carbocycles. The molecule has 0 bridgehead atoms. The summed E-state index contributed by atoms with van der Waals surface area (Å²) in [6, 6.07) is 2.20. The molecule has 0 aromatic rings. The summed E-state index contributed by atoms with van der Waals surface area (Å²) in [6.07, 6.45) is 8.89. The minimum atomic E-state index is -0.219. The van der Waals surface area contributed by atoms with Crippen molar-refractivity contribution in [3.8, 4) is 0 Å². The number of carbonyl (C=O) groups is 1. The average Bonchev–Trinajstić information content (AvgIpc) is 3.24. The fourth-order valence-corrected chi connectivity index (χ4v) is 2.50.